The highest BCUT2D eigenvalue weighted by Crippen LogP contribution is 2.20. The maximum absolute atomic E-state index is 12.5. The number of benzene rings is 2. The van der Waals surface area contributed by atoms with Gasteiger partial charge in [0.2, 0.25) is 5.91 Å². The third-order valence-corrected chi connectivity index (χ3v) is 4.58. The average Bonchev–Trinajstić information content (AvgIpc) is 3.20. The van der Waals surface area contributed by atoms with E-state index in [9.17, 15) is 9.59 Å². The van der Waals surface area contributed by atoms with Crippen LogP contribution in [0.25, 0.3) is 0 Å². The van der Waals surface area contributed by atoms with E-state index in [0.29, 0.717) is 22.5 Å². The molecule has 1 fully saturated rings. The molecule has 0 spiro atoms. The summed E-state index contributed by atoms with van der Waals surface area (Å²) in [6.07, 6.45) is 4.29. The fourth-order valence-electron chi connectivity index (χ4n) is 3.20. The van der Waals surface area contributed by atoms with Gasteiger partial charge >= 0.3 is 0 Å². The number of anilines is 2. The number of nitrogens with zero attached hydrogens (tertiary/aromatic N) is 1. The Morgan fingerprint density at radius 2 is 1.85 bits per heavy atom. The summed E-state index contributed by atoms with van der Waals surface area (Å²) < 4.78 is 0. The van der Waals surface area contributed by atoms with Crippen molar-refractivity contribution < 1.29 is 9.59 Å². The Bertz CT molecular complexity index is 866. The zero-order valence-electron chi connectivity index (χ0n) is 15.0. The number of rotatable bonds is 6. The second-order valence-electron chi connectivity index (χ2n) is 6.59. The second-order valence-corrected chi connectivity index (χ2v) is 6.59. The van der Waals surface area contributed by atoms with Crippen molar-refractivity contribution in [3.8, 4) is 6.07 Å². The molecule has 2 aromatic rings. The van der Waals surface area contributed by atoms with Crippen LogP contribution >= 0.6 is 0 Å². The molecular formula is C21H22N4O2. The molecule has 6 heteroatoms. The maximum atomic E-state index is 12.5. The highest BCUT2D eigenvalue weighted by molar-refractivity contribution is 6.04. The lowest BCUT2D eigenvalue weighted by molar-refractivity contribution is -0.114. The Hall–Kier alpha value is -3.33. The summed E-state index contributed by atoms with van der Waals surface area (Å²) in [5.41, 5.74) is 2.17. The average molecular weight is 362 g/mol. The molecule has 0 aromatic heterocycles. The van der Waals surface area contributed by atoms with Crippen molar-refractivity contribution in [2.45, 2.75) is 31.7 Å². The van der Waals surface area contributed by atoms with Crippen LogP contribution in [-0.4, -0.2) is 24.4 Å². The molecule has 3 N–H and O–H groups in total. The topological polar surface area (TPSA) is 94.0 Å². The van der Waals surface area contributed by atoms with Gasteiger partial charge in [-0.3, -0.25) is 9.59 Å². The Morgan fingerprint density at radius 1 is 1.07 bits per heavy atom. The molecule has 0 saturated heterocycles. The predicted octanol–water partition coefficient (Wildman–Crippen LogP) is 3.28. The zero-order chi connectivity index (χ0) is 19.1. The first kappa shape index (κ1) is 18.5. The summed E-state index contributed by atoms with van der Waals surface area (Å²) in [5, 5.41) is 17.7. The monoisotopic (exact) mass is 362 g/mol. The number of para-hydroxylation sites is 1. The van der Waals surface area contributed by atoms with E-state index in [2.05, 4.69) is 22.0 Å². The summed E-state index contributed by atoms with van der Waals surface area (Å²) in [6.45, 7) is 0.0352. The van der Waals surface area contributed by atoms with E-state index in [1.165, 1.54) is 0 Å². The quantitative estimate of drug-likeness (QED) is 0.735. The first-order chi connectivity index (χ1) is 13.2. The molecule has 3 rings (SSSR count). The van der Waals surface area contributed by atoms with Gasteiger partial charge < -0.3 is 16.0 Å². The lowest BCUT2D eigenvalue weighted by Gasteiger charge is -2.15. The van der Waals surface area contributed by atoms with Gasteiger partial charge in [0.25, 0.3) is 5.91 Å². The summed E-state index contributed by atoms with van der Waals surface area (Å²) in [5.74, 6) is -0.425. The van der Waals surface area contributed by atoms with E-state index < -0.39 is 0 Å². The standard InChI is InChI=1S/C21H22N4O2/c22-13-15-6-5-9-17(12-15)23-14-20(26)25-19-11-4-3-10-18(19)21(27)24-16-7-1-2-8-16/h3-6,9-12,16,23H,1-2,7-8,14H2,(H,24,27)(H,25,26). The number of carbonyl (C=O) groups is 2. The van der Waals surface area contributed by atoms with Crippen molar-refractivity contribution in [2.24, 2.45) is 0 Å². The largest absolute Gasteiger partial charge is 0.376 e. The highest BCUT2D eigenvalue weighted by Gasteiger charge is 2.20. The first-order valence-corrected chi connectivity index (χ1v) is 9.09. The molecule has 0 atom stereocenters. The van der Waals surface area contributed by atoms with Gasteiger partial charge in [-0.15, -0.1) is 0 Å². The van der Waals surface area contributed by atoms with Crippen LogP contribution in [0.5, 0.6) is 0 Å². The van der Waals surface area contributed by atoms with Gasteiger partial charge in [-0.1, -0.05) is 31.0 Å². The third kappa shape index (κ3) is 5.08. The summed E-state index contributed by atoms with van der Waals surface area (Å²) in [4.78, 5) is 24.8. The Morgan fingerprint density at radius 3 is 2.63 bits per heavy atom. The Labute approximate surface area is 158 Å². The van der Waals surface area contributed by atoms with Crippen molar-refractivity contribution >= 4 is 23.2 Å². The smallest absolute Gasteiger partial charge is 0.253 e. The minimum absolute atomic E-state index is 0.0352. The molecule has 1 saturated carbocycles. The van der Waals surface area contributed by atoms with Gasteiger partial charge in [0.15, 0.2) is 0 Å². The van der Waals surface area contributed by atoms with Crippen LogP contribution in [0.2, 0.25) is 0 Å². The third-order valence-electron chi connectivity index (χ3n) is 4.58. The molecule has 138 valence electrons. The Kier molecular flexibility index (Phi) is 6.06. The number of nitrogens with one attached hydrogen (secondary N) is 3. The number of hydrogen-bond donors (Lipinski definition) is 3. The van der Waals surface area contributed by atoms with Crippen LogP contribution in [0.4, 0.5) is 11.4 Å². The van der Waals surface area contributed by atoms with Gasteiger partial charge in [-0.2, -0.15) is 5.26 Å². The van der Waals surface area contributed by atoms with E-state index in [1.807, 2.05) is 0 Å². The second kappa shape index (κ2) is 8.86. The van der Waals surface area contributed by atoms with E-state index in [-0.39, 0.29) is 24.4 Å². The minimum Gasteiger partial charge on any atom is -0.376 e. The van der Waals surface area contributed by atoms with E-state index in [0.717, 1.165) is 25.7 Å². The predicted molar refractivity (Wildman–Crippen MR) is 104 cm³/mol. The van der Waals surface area contributed by atoms with Crippen LogP contribution in [0, 0.1) is 11.3 Å². The van der Waals surface area contributed by atoms with Gasteiger partial charge in [0.1, 0.15) is 0 Å². The lowest BCUT2D eigenvalue weighted by atomic mass is 10.1. The van der Waals surface area contributed by atoms with Crippen molar-refractivity contribution in [1.29, 1.82) is 5.26 Å². The van der Waals surface area contributed by atoms with Crippen molar-refractivity contribution in [3.05, 3.63) is 59.7 Å². The van der Waals surface area contributed by atoms with Crippen molar-refractivity contribution in [3.63, 3.8) is 0 Å². The highest BCUT2D eigenvalue weighted by atomic mass is 16.2. The Balaban J connectivity index is 1.60. The SMILES string of the molecule is N#Cc1cccc(NCC(=O)Nc2ccccc2C(=O)NC2CCCC2)c1. The van der Waals surface area contributed by atoms with E-state index in [4.69, 9.17) is 5.26 Å². The number of amides is 2. The molecule has 0 aliphatic heterocycles. The molecule has 0 heterocycles. The molecule has 0 bridgehead atoms. The minimum atomic E-state index is -0.265. The number of nitriles is 1. The van der Waals surface area contributed by atoms with Crippen molar-refractivity contribution in [1.82, 2.24) is 5.32 Å². The fourth-order valence-corrected chi connectivity index (χ4v) is 3.20. The molecule has 1 aliphatic carbocycles. The summed E-state index contributed by atoms with van der Waals surface area (Å²) in [6, 6.07) is 16.2. The maximum Gasteiger partial charge on any atom is 0.253 e. The molecule has 0 radical (unpaired) electrons. The van der Waals surface area contributed by atoms with E-state index >= 15 is 0 Å². The van der Waals surface area contributed by atoms with E-state index in [1.54, 1.807) is 48.5 Å². The van der Waals surface area contributed by atoms with Crippen LogP contribution < -0.4 is 16.0 Å². The number of carbonyl (C=O) groups excluding carboxylic acids is 2. The van der Waals surface area contributed by atoms with Gasteiger partial charge in [0.05, 0.1) is 29.4 Å². The van der Waals surface area contributed by atoms with Crippen LogP contribution in [0.15, 0.2) is 48.5 Å². The molecule has 1 aliphatic rings. The van der Waals surface area contributed by atoms with Crippen LogP contribution in [-0.2, 0) is 4.79 Å². The van der Waals surface area contributed by atoms with Gasteiger partial charge in [-0.05, 0) is 43.2 Å². The first-order valence-electron chi connectivity index (χ1n) is 9.09. The molecule has 2 amide bonds. The van der Waals surface area contributed by atoms with Gasteiger partial charge in [0, 0.05) is 11.7 Å². The summed E-state index contributed by atoms with van der Waals surface area (Å²) >= 11 is 0. The normalized spacial score (nSPS) is 13.6. The zero-order valence-corrected chi connectivity index (χ0v) is 15.0. The summed E-state index contributed by atoms with van der Waals surface area (Å²) in [7, 11) is 0. The van der Waals surface area contributed by atoms with Gasteiger partial charge in [-0.25, -0.2) is 0 Å². The molecular weight excluding hydrogens is 340 g/mol. The molecule has 2 aromatic carbocycles. The molecule has 27 heavy (non-hydrogen) atoms. The van der Waals surface area contributed by atoms with Crippen molar-refractivity contribution in [2.75, 3.05) is 17.2 Å². The molecule has 6 nitrogen and oxygen atoms in total. The lowest BCUT2D eigenvalue weighted by Crippen LogP contribution is -2.33. The van der Waals surface area contributed by atoms with Crippen LogP contribution in [0.1, 0.15) is 41.6 Å². The van der Waals surface area contributed by atoms with Crippen LogP contribution in [0.3, 0.4) is 0 Å². The number of hydrogen-bond acceptors (Lipinski definition) is 4. The molecule has 0 unspecified atom stereocenters. The fraction of sp³-hybridized carbons (Fsp3) is 0.286.